The lowest BCUT2D eigenvalue weighted by Gasteiger charge is -2.04. The van der Waals surface area contributed by atoms with Crippen LogP contribution >= 0.6 is 0 Å². The molecule has 5 nitrogen and oxygen atoms in total. The normalized spacial score (nSPS) is 10.1. The number of benzene rings is 1. The molecular weight excluding hydrogens is 230 g/mol. The monoisotopic (exact) mass is 243 g/mol. The highest BCUT2D eigenvalue weighted by Crippen LogP contribution is 2.11. The number of anilines is 1. The molecule has 0 saturated carbocycles. The lowest BCUT2D eigenvalue weighted by Crippen LogP contribution is -2.13. The van der Waals surface area contributed by atoms with Gasteiger partial charge in [0.1, 0.15) is 0 Å². The van der Waals surface area contributed by atoms with Crippen molar-refractivity contribution in [3.05, 3.63) is 53.9 Å². The minimum Gasteiger partial charge on any atom is -0.366 e. The smallest absolute Gasteiger partial charge is 0.257 e. The number of rotatable bonds is 3. The standard InChI is InChI=1S/C13H13N3O2/c1-16-7-6-10(8-16)13(18)15-11-4-2-9(3-5-11)12(14)17/h2-8H,1H3,(H2,14,17)(H,15,18). The molecule has 3 N–H and O–H groups in total. The Kier molecular flexibility index (Phi) is 3.14. The number of aryl methyl sites for hydroxylation is 1. The van der Waals surface area contributed by atoms with Crippen LogP contribution in [0.3, 0.4) is 0 Å². The SMILES string of the molecule is Cn1ccc(C(=O)Nc2ccc(C(N)=O)cc2)c1. The number of hydrogen-bond acceptors (Lipinski definition) is 2. The van der Waals surface area contributed by atoms with E-state index in [1.165, 1.54) is 0 Å². The summed E-state index contributed by atoms with van der Waals surface area (Å²) in [5, 5.41) is 2.73. The summed E-state index contributed by atoms with van der Waals surface area (Å²) in [4.78, 5) is 22.7. The Labute approximate surface area is 104 Å². The van der Waals surface area contributed by atoms with E-state index in [0.29, 0.717) is 16.8 Å². The molecular formula is C13H13N3O2. The van der Waals surface area contributed by atoms with Gasteiger partial charge in [0.25, 0.3) is 5.91 Å². The molecule has 92 valence electrons. The van der Waals surface area contributed by atoms with Crippen LogP contribution < -0.4 is 11.1 Å². The first-order valence-corrected chi connectivity index (χ1v) is 5.39. The van der Waals surface area contributed by atoms with Crippen LogP contribution in [0.4, 0.5) is 5.69 Å². The van der Waals surface area contributed by atoms with Gasteiger partial charge in [0, 0.05) is 30.7 Å². The molecule has 0 fully saturated rings. The number of hydrogen-bond donors (Lipinski definition) is 2. The number of primary amides is 1. The molecule has 0 atom stereocenters. The molecule has 0 spiro atoms. The first-order chi connectivity index (χ1) is 8.56. The maximum Gasteiger partial charge on any atom is 0.257 e. The molecule has 0 saturated heterocycles. The van der Waals surface area contributed by atoms with E-state index >= 15 is 0 Å². The van der Waals surface area contributed by atoms with E-state index in [1.807, 2.05) is 7.05 Å². The Bertz CT molecular complexity index is 585. The Morgan fingerprint density at radius 3 is 2.28 bits per heavy atom. The molecule has 1 heterocycles. The molecule has 0 bridgehead atoms. The van der Waals surface area contributed by atoms with E-state index in [0.717, 1.165) is 0 Å². The first-order valence-electron chi connectivity index (χ1n) is 5.39. The Hall–Kier alpha value is -2.56. The number of carbonyl (C=O) groups excluding carboxylic acids is 2. The number of amides is 2. The van der Waals surface area contributed by atoms with Crippen molar-refractivity contribution < 1.29 is 9.59 Å². The second kappa shape index (κ2) is 4.75. The predicted octanol–water partition coefficient (Wildman–Crippen LogP) is 1.38. The van der Waals surface area contributed by atoms with Crippen molar-refractivity contribution in [2.45, 2.75) is 0 Å². The quantitative estimate of drug-likeness (QED) is 0.854. The zero-order valence-corrected chi connectivity index (χ0v) is 9.88. The van der Waals surface area contributed by atoms with E-state index < -0.39 is 5.91 Å². The number of nitrogens with one attached hydrogen (secondary N) is 1. The molecule has 0 aliphatic carbocycles. The van der Waals surface area contributed by atoms with Crippen LogP contribution in [0.1, 0.15) is 20.7 Å². The number of aromatic nitrogens is 1. The molecule has 1 aromatic carbocycles. The van der Waals surface area contributed by atoms with Crippen LogP contribution in [-0.4, -0.2) is 16.4 Å². The van der Waals surface area contributed by atoms with Gasteiger partial charge in [-0.05, 0) is 30.3 Å². The fourth-order valence-corrected chi connectivity index (χ4v) is 1.56. The highest BCUT2D eigenvalue weighted by Gasteiger charge is 2.07. The molecule has 0 radical (unpaired) electrons. The third kappa shape index (κ3) is 2.57. The summed E-state index contributed by atoms with van der Waals surface area (Å²) in [5.41, 5.74) is 6.74. The molecule has 0 aliphatic heterocycles. The van der Waals surface area contributed by atoms with Gasteiger partial charge in [-0.1, -0.05) is 0 Å². The zero-order valence-electron chi connectivity index (χ0n) is 9.88. The lowest BCUT2D eigenvalue weighted by atomic mass is 10.2. The molecule has 2 aromatic rings. The van der Waals surface area contributed by atoms with Gasteiger partial charge < -0.3 is 15.6 Å². The molecule has 1 aromatic heterocycles. The average molecular weight is 243 g/mol. The van der Waals surface area contributed by atoms with Crippen LogP contribution in [0, 0.1) is 0 Å². The summed E-state index contributed by atoms with van der Waals surface area (Å²) in [6.07, 6.45) is 3.53. The van der Waals surface area contributed by atoms with Crippen LogP contribution in [-0.2, 0) is 7.05 Å². The lowest BCUT2D eigenvalue weighted by molar-refractivity contribution is 0.0998. The van der Waals surface area contributed by atoms with Crippen LogP contribution in [0.15, 0.2) is 42.7 Å². The van der Waals surface area contributed by atoms with E-state index in [-0.39, 0.29) is 5.91 Å². The van der Waals surface area contributed by atoms with Crippen molar-refractivity contribution in [3.63, 3.8) is 0 Å². The summed E-state index contributed by atoms with van der Waals surface area (Å²) >= 11 is 0. The fourth-order valence-electron chi connectivity index (χ4n) is 1.56. The summed E-state index contributed by atoms with van der Waals surface area (Å²) in [7, 11) is 1.85. The van der Waals surface area contributed by atoms with Gasteiger partial charge in [0.15, 0.2) is 0 Å². The van der Waals surface area contributed by atoms with Gasteiger partial charge in [-0.2, -0.15) is 0 Å². The van der Waals surface area contributed by atoms with Crippen molar-refractivity contribution in [3.8, 4) is 0 Å². The number of nitrogens with zero attached hydrogens (tertiary/aromatic N) is 1. The molecule has 2 rings (SSSR count). The van der Waals surface area contributed by atoms with Crippen molar-refractivity contribution in [2.24, 2.45) is 12.8 Å². The van der Waals surface area contributed by atoms with Gasteiger partial charge in [0.05, 0.1) is 5.56 Å². The number of nitrogens with two attached hydrogens (primary N) is 1. The van der Waals surface area contributed by atoms with Crippen molar-refractivity contribution >= 4 is 17.5 Å². The van der Waals surface area contributed by atoms with Crippen LogP contribution in [0.2, 0.25) is 0 Å². The van der Waals surface area contributed by atoms with Gasteiger partial charge in [0.2, 0.25) is 5.91 Å². The second-order valence-corrected chi connectivity index (χ2v) is 3.96. The molecule has 5 heteroatoms. The molecule has 0 aliphatic rings. The van der Waals surface area contributed by atoms with Crippen LogP contribution in [0.25, 0.3) is 0 Å². The third-order valence-electron chi connectivity index (χ3n) is 2.52. The second-order valence-electron chi connectivity index (χ2n) is 3.96. The minimum atomic E-state index is -0.490. The maximum absolute atomic E-state index is 11.8. The van der Waals surface area contributed by atoms with Crippen molar-refractivity contribution in [2.75, 3.05) is 5.32 Å². The largest absolute Gasteiger partial charge is 0.366 e. The van der Waals surface area contributed by atoms with Crippen molar-refractivity contribution in [1.29, 1.82) is 0 Å². The summed E-state index contributed by atoms with van der Waals surface area (Å²) in [6.45, 7) is 0. The fraction of sp³-hybridized carbons (Fsp3) is 0.0769. The predicted molar refractivity (Wildman–Crippen MR) is 68.3 cm³/mol. The minimum absolute atomic E-state index is 0.192. The highest BCUT2D eigenvalue weighted by molar-refractivity contribution is 6.04. The maximum atomic E-state index is 11.8. The Balaban J connectivity index is 2.10. The molecule has 18 heavy (non-hydrogen) atoms. The Morgan fingerprint density at radius 1 is 1.11 bits per heavy atom. The average Bonchev–Trinajstić information content (AvgIpc) is 2.76. The summed E-state index contributed by atoms with van der Waals surface area (Å²) in [6, 6.07) is 8.15. The van der Waals surface area contributed by atoms with E-state index in [2.05, 4.69) is 5.32 Å². The van der Waals surface area contributed by atoms with E-state index in [1.54, 1.807) is 47.3 Å². The van der Waals surface area contributed by atoms with E-state index in [9.17, 15) is 9.59 Å². The zero-order chi connectivity index (χ0) is 13.1. The van der Waals surface area contributed by atoms with Crippen molar-refractivity contribution in [1.82, 2.24) is 4.57 Å². The Morgan fingerprint density at radius 2 is 1.78 bits per heavy atom. The van der Waals surface area contributed by atoms with Gasteiger partial charge in [-0.3, -0.25) is 9.59 Å². The van der Waals surface area contributed by atoms with Crippen LogP contribution in [0.5, 0.6) is 0 Å². The van der Waals surface area contributed by atoms with Gasteiger partial charge >= 0.3 is 0 Å². The summed E-state index contributed by atoms with van der Waals surface area (Å²) in [5.74, 6) is -0.682. The number of carbonyl (C=O) groups is 2. The topological polar surface area (TPSA) is 77.1 Å². The van der Waals surface area contributed by atoms with Gasteiger partial charge in [-0.25, -0.2) is 0 Å². The molecule has 0 unspecified atom stereocenters. The highest BCUT2D eigenvalue weighted by atomic mass is 16.2. The summed E-state index contributed by atoms with van der Waals surface area (Å²) < 4.78 is 1.80. The van der Waals surface area contributed by atoms with Gasteiger partial charge in [-0.15, -0.1) is 0 Å². The third-order valence-corrected chi connectivity index (χ3v) is 2.52. The first kappa shape index (κ1) is 11.9. The molecule has 2 amide bonds. The van der Waals surface area contributed by atoms with E-state index in [4.69, 9.17) is 5.73 Å².